The number of hydrogen-bond acceptors (Lipinski definition) is 1. The Morgan fingerprint density at radius 1 is 0.917 bits per heavy atom. The summed E-state index contributed by atoms with van der Waals surface area (Å²) in [6.07, 6.45) is 0. The molecule has 1 heteroatoms. The second-order valence-corrected chi connectivity index (χ2v) is 5.82. The van der Waals surface area contributed by atoms with Crippen molar-refractivity contribution in [2.75, 3.05) is 7.05 Å². The van der Waals surface area contributed by atoms with Gasteiger partial charge in [-0.1, -0.05) is 20.8 Å². The second-order valence-electron chi connectivity index (χ2n) is 5.82. The molecule has 1 atom stereocenters. The van der Waals surface area contributed by atoms with Gasteiger partial charge in [0.1, 0.15) is 0 Å². The van der Waals surface area contributed by atoms with E-state index >= 15 is 0 Å². The van der Waals surface area contributed by atoms with Crippen molar-refractivity contribution in [2.45, 2.75) is 60.0 Å². The third-order valence-electron chi connectivity index (χ3n) is 2.89. The van der Waals surface area contributed by atoms with Gasteiger partial charge >= 0.3 is 0 Å². The molecule has 0 rings (SSSR count). The molecule has 0 aromatic carbocycles. The highest BCUT2D eigenvalue weighted by Gasteiger charge is 2.29. The van der Waals surface area contributed by atoms with Gasteiger partial charge in [-0.2, -0.15) is 0 Å². The van der Waals surface area contributed by atoms with Crippen LogP contribution in [0.15, 0.2) is 0 Å². The summed E-state index contributed by atoms with van der Waals surface area (Å²) in [6, 6.07) is 0.609. The minimum absolute atomic E-state index is 0.271. The number of nitrogens with zero attached hydrogens (tertiary/aromatic N) is 1. The summed E-state index contributed by atoms with van der Waals surface area (Å²) in [7, 11) is 2.20. The van der Waals surface area contributed by atoms with Crippen molar-refractivity contribution >= 4 is 0 Å². The lowest BCUT2D eigenvalue weighted by atomic mass is 9.85. The minimum atomic E-state index is 0.271. The zero-order valence-electron chi connectivity index (χ0n) is 10.0. The summed E-state index contributed by atoms with van der Waals surface area (Å²) in [4.78, 5) is 2.44. The molecule has 0 heterocycles. The van der Waals surface area contributed by atoms with Crippen LogP contribution >= 0.6 is 0 Å². The van der Waals surface area contributed by atoms with Crippen molar-refractivity contribution in [2.24, 2.45) is 5.41 Å². The smallest absolute Gasteiger partial charge is 0.0125 e. The molecule has 1 unspecified atom stereocenters. The van der Waals surface area contributed by atoms with Crippen LogP contribution in [0.4, 0.5) is 0 Å². The topological polar surface area (TPSA) is 3.24 Å². The van der Waals surface area contributed by atoms with E-state index in [1.165, 1.54) is 0 Å². The van der Waals surface area contributed by atoms with E-state index in [4.69, 9.17) is 0 Å². The van der Waals surface area contributed by atoms with Crippen LogP contribution in [0, 0.1) is 5.41 Å². The quantitative estimate of drug-likeness (QED) is 0.586. The Bertz CT molecular complexity index is 118. The van der Waals surface area contributed by atoms with Gasteiger partial charge < -0.3 is 0 Å². The van der Waals surface area contributed by atoms with Gasteiger partial charge in [0, 0.05) is 11.6 Å². The van der Waals surface area contributed by atoms with Crippen molar-refractivity contribution in [1.82, 2.24) is 4.90 Å². The van der Waals surface area contributed by atoms with E-state index in [9.17, 15) is 0 Å². The van der Waals surface area contributed by atoms with Crippen LogP contribution in [0.5, 0.6) is 0 Å². The molecule has 0 spiro atoms. The van der Waals surface area contributed by atoms with E-state index in [1.807, 2.05) is 0 Å². The third-order valence-corrected chi connectivity index (χ3v) is 2.89. The Hall–Kier alpha value is -0.0400. The Balaban J connectivity index is 4.41. The van der Waals surface area contributed by atoms with Gasteiger partial charge in [0.05, 0.1) is 0 Å². The van der Waals surface area contributed by atoms with E-state index in [2.05, 4.69) is 60.4 Å². The fourth-order valence-electron chi connectivity index (χ4n) is 1.16. The zero-order chi connectivity index (χ0) is 10.2. The fraction of sp³-hybridized carbons (Fsp3) is 1.00. The standard InChI is InChI=1S/C11H25N/c1-9(10(2,3)4)12(8)11(5,6)7/h9H,1-8H3. The van der Waals surface area contributed by atoms with Gasteiger partial charge in [-0.05, 0) is 40.2 Å². The highest BCUT2D eigenvalue weighted by Crippen LogP contribution is 2.27. The SMILES string of the molecule is CC(N(C)C(C)(C)C)C(C)(C)C. The van der Waals surface area contributed by atoms with E-state index in [-0.39, 0.29) is 5.54 Å². The third kappa shape index (κ3) is 3.14. The van der Waals surface area contributed by atoms with Gasteiger partial charge in [-0.3, -0.25) is 4.90 Å². The van der Waals surface area contributed by atoms with Gasteiger partial charge in [-0.25, -0.2) is 0 Å². The van der Waals surface area contributed by atoms with E-state index in [0.717, 1.165) is 0 Å². The summed E-state index contributed by atoms with van der Waals surface area (Å²) in [5.41, 5.74) is 0.634. The average molecular weight is 171 g/mol. The van der Waals surface area contributed by atoms with Gasteiger partial charge in [0.15, 0.2) is 0 Å². The zero-order valence-corrected chi connectivity index (χ0v) is 10.0. The predicted octanol–water partition coefficient (Wildman–Crippen LogP) is 3.15. The second kappa shape index (κ2) is 3.37. The normalized spacial score (nSPS) is 16.8. The molecule has 0 saturated heterocycles. The molecule has 0 amide bonds. The van der Waals surface area contributed by atoms with Gasteiger partial charge in [-0.15, -0.1) is 0 Å². The maximum atomic E-state index is 2.44. The molecule has 0 aromatic rings. The molecule has 12 heavy (non-hydrogen) atoms. The lowest BCUT2D eigenvalue weighted by molar-refractivity contribution is 0.0595. The van der Waals surface area contributed by atoms with Crippen molar-refractivity contribution in [1.29, 1.82) is 0 Å². The maximum absolute atomic E-state index is 2.44. The van der Waals surface area contributed by atoms with E-state index in [1.54, 1.807) is 0 Å². The Morgan fingerprint density at radius 2 is 1.25 bits per heavy atom. The highest BCUT2D eigenvalue weighted by atomic mass is 15.2. The molecule has 0 aliphatic rings. The van der Waals surface area contributed by atoms with Crippen molar-refractivity contribution in [3.8, 4) is 0 Å². The van der Waals surface area contributed by atoms with Crippen LogP contribution in [0.3, 0.4) is 0 Å². The first kappa shape index (κ1) is 12.0. The molecule has 0 N–H and O–H groups in total. The lowest BCUT2D eigenvalue weighted by Gasteiger charge is -2.43. The Morgan fingerprint density at radius 3 is 1.33 bits per heavy atom. The minimum Gasteiger partial charge on any atom is -0.298 e. The first-order valence-corrected chi connectivity index (χ1v) is 4.80. The first-order valence-electron chi connectivity index (χ1n) is 4.80. The van der Waals surface area contributed by atoms with Crippen LogP contribution in [0.25, 0.3) is 0 Å². The molecule has 0 aromatic heterocycles. The van der Waals surface area contributed by atoms with Crippen molar-refractivity contribution in [3.63, 3.8) is 0 Å². The molecule has 1 nitrogen and oxygen atoms in total. The summed E-state index contributed by atoms with van der Waals surface area (Å²) in [5.74, 6) is 0. The molecule has 0 radical (unpaired) electrons. The van der Waals surface area contributed by atoms with Gasteiger partial charge in [0.2, 0.25) is 0 Å². The van der Waals surface area contributed by atoms with Crippen LogP contribution in [0.1, 0.15) is 48.5 Å². The largest absolute Gasteiger partial charge is 0.298 e. The van der Waals surface area contributed by atoms with E-state index < -0.39 is 0 Å². The monoisotopic (exact) mass is 171 g/mol. The Kier molecular flexibility index (Phi) is 3.36. The molecule has 74 valence electrons. The highest BCUT2D eigenvalue weighted by molar-refractivity contribution is 4.84. The van der Waals surface area contributed by atoms with Crippen LogP contribution in [-0.2, 0) is 0 Å². The van der Waals surface area contributed by atoms with E-state index in [0.29, 0.717) is 11.5 Å². The summed E-state index contributed by atoms with van der Waals surface area (Å²) in [5, 5.41) is 0. The lowest BCUT2D eigenvalue weighted by Crippen LogP contribution is -2.49. The molecule has 0 fully saturated rings. The summed E-state index contributed by atoms with van der Waals surface area (Å²) in [6.45, 7) is 15.9. The fourth-order valence-corrected chi connectivity index (χ4v) is 1.16. The average Bonchev–Trinajstić information content (AvgIpc) is 1.80. The van der Waals surface area contributed by atoms with Crippen molar-refractivity contribution in [3.05, 3.63) is 0 Å². The molecule has 0 aliphatic heterocycles. The Labute approximate surface area is 78.1 Å². The van der Waals surface area contributed by atoms with Crippen LogP contribution in [-0.4, -0.2) is 23.5 Å². The van der Waals surface area contributed by atoms with Crippen LogP contribution < -0.4 is 0 Å². The summed E-state index contributed by atoms with van der Waals surface area (Å²) < 4.78 is 0. The molecular weight excluding hydrogens is 146 g/mol. The predicted molar refractivity (Wildman–Crippen MR) is 56.4 cm³/mol. The molecule has 0 aliphatic carbocycles. The summed E-state index contributed by atoms with van der Waals surface area (Å²) >= 11 is 0. The number of rotatable bonds is 1. The van der Waals surface area contributed by atoms with Crippen LogP contribution in [0.2, 0.25) is 0 Å². The number of hydrogen-bond donors (Lipinski definition) is 0. The maximum Gasteiger partial charge on any atom is 0.0125 e. The molecular formula is C11H25N. The first-order chi connectivity index (χ1) is 5.07. The van der Waals surface area contributed by atoms with Crippen molar-refractivity contribution < 1.29 is 0 Å². The van der Waals surface area contributed by atoms with Gasteiger partial charge in [0.25, 0.3) is 0 Å². The molecule has 0 saturated carbocycles. The molecule has 0 bridgehead atoms.